The summed E-state index contributed by atoms with van der Waals surface area (Å²) >= 11 is 0. The zero-order valence-electron chi connectivity index (χ0n) is 19.5. The molecular weight excluding hydrogens is 424 g/mol. The van der Waals surface area contributed by atoms with Crippen molar-refractivity contribution in [2.45, 2.75) is 52.6 Å². The molecule has 0 aliphatic heterocycles. The third-order valence-corrected chi connectivity index (χ3v) is 5.81. The van der Waals surface area contributed by atoms with E-state index in [9.17, 15) is 9.59 Å². The molecule has 1 heterocycles. The molecule has 1 aromatic carbocycles. The average molecular weight is 457 g/mol. The zero-order valence-corrected chi connectivity index (χ0v) is 19.5. The Morgan fingerprint density at radius 2 is 1.97 bits per heavy atom. The smallest absolute Gasteiger partial charge is 0.331 e. The van der Waals surface area contributed by atoms with Gasteiger partial charge in [0.15, 0.2) is 18.1 Å². The van der Waals surface area contributed by atoms with Gasteiger partial charge in [-0.3, -0.25) is 4.79 Å². The van der Waals surface area contributed by atoms with Gasteiger partial charge in [-0.25, -0.2) is 4.79 Å². The van der Waals surface area contributed by atoms with Crippen LogP contribution in [0.1, 0.15) is 54.7 Å². The van der Waals surface area contributed by atoms with Crippen molar-refractivity contribution >= 4 is 18.0 Å². The Labute approximate surface area is 194 Å². The predicted molar refractivity (Wildman–Crippen MR) is 123 cm³/mol. The highest BCUT2D eigenvalue weighted by molar-refractivity contribution is 5.89. The molecule has 0 spiro atoms. The Kier molecular flexibility index (Phi) is 8.92. The van der Waals surface area contributed by atoms with Gasteiger partial charge in [0, 0.05) is 12.6 Å². The molecule has 178 valence electrons. The second-order valence-electron chi connectivity index (χ2n) is 8.25. The molecular formula is C25H32N2O6. The lowest BCUT2D eigenvalue weighted by Gasteiger charge is -2.21. The van der Waals surface area contributed by atoms with Crippen LogP contribution >= 0.6 is 0 Å². The zero-order chi connectivity index (χ0) is 23.6. The number of aromatic nitrogens is 1. The normalized spacial score (nSPS) is 14.3. The number of ether oxygens (including phenoxy) is 3. The summed E-state index contributed by atoms with van der Waals surface area (Å²) in [6.45, 7) is 4.37. The summed E-state index contributed by atoms with van der Waals surface area (Å²) in [6.07, 6.45) is 8.90. The summed E-state index contributed by atoms with van der Waals surface area (Å²) in [5.74, 6) is 1.48. The van der Waals surface area contributed by atoms with Crippen molar-refractivity contribution in [3.8, 4) is 11.5 Å². The Hall–Kier alpha value is -3.29. The summed E-state index contributed by atoms with van der Waals surface area (Å²) in [5, 5.41) is 6.77. The van der Waals surface area contributed by atoms with E-state index in [4.69, 9.17) is 18.7 Å². The largest absolute Gasteiger partial charge is 0.493 e. The number of nitrogens with zero attached hydrogens (tertiary/aromatic N) is 1. The summed E-state index contributed by atoms with van der Waals surface area (Å²) in [6, 6.07) is 5.32. The molecule has 1 aliphatic rings. The fraction of sp³-hybridized carbons (Fsp3) is 0.480. The van der Waals surface area contributed by atoms with Crippen LogP contribution in [-0.4, -0.2) is 37.3 Å². The quantitative estimate of drug-likeness (QED) is 0.424. The van der Waals surface area contributed by atoms with Crippen molar-refractivity contribution in [1.82, 2.24) is 10.5 Å². The van der Waals surface area contributed by atoms with E-state index in [2.05, 4.69) is 10.5 Å². The van der Waals surface area contributed by atoms with Crippen LogP contribution in [0.4, 0.5) is 0 Å². The fourth-order valence-corrected chi connectivity index (χ4v) is 3.81. The van der Waals surface area contributed by atoms with Crippen molar-refractivity contribution in [1.29, 1.82) is 0 Å². The Morgan fingerprint density at radius 1 is 1.18 bits per heavy atom. The van der Waals surface area contributed by atoms with Crippen molar-refractivity contribution in [2.75, 3.05) is 20.3 Å². The minimum atomic E-state index is -0.583. The summed E-state index contributed by atoms with van der Waals surface area (Å²) < 4.78 is 21.5. The van der Waals surface area contributed by atoms with Gasteiger partial charge in [-0.2, -0.15) is 0 Å². The first-order chi connectivity index (χ1) is 16.0. The molecule has 1 fully saturated rings. The molecule has 1 N–H and O–H groups in total. The fourth-order valence-electron chi connectivity index (χ4n) is 3.81. The maximum Gasteiger partial charge on any atom is 0.331 e. The minimum absolute atomic E-state index is 0.274. The molecule has 8 heteroatoms. The van der Waals surface area contributed by atoms with Gasteiger partial charge in [0.1, 0.15) is 12.4 Å². The molecule has 2 aromatic rings. The number of hydrogen-bond acceptors (Lipinski definition) is 7. The van der Waals surface area contributed by atoms with Crippen LogP contribution in [0, 0.1) is 19.8 Å². The van der Waals surface area contributed by atoms with Crippen LogP contribution in [0.15, 0.2) is 28.8 Å². The van der Waals surface area contributed by atoms with Crippen LogP contribution < -0.4 is 14.8 Å². The van der Waals surface area contributed by atoms with E-state index in [1.54, 1.807) is 31.4 Å². The first-order valence-electron chi connectivity index (χ1n) is 11.3. The van der Waals surface area contributed by atoms with Crippen molar-refractivity contribution < 1.29 is 28.3 Å². The van der Waals surface area contributed by atoms with Gasteiger partial charge in [-0.15, -0.1) is 0 Å². The van der Waals surface area contributed by atoms with Gasteiger partial charge in [0.2, 0.25) is 0 Å². The van der Waals surface area contributed by atoms with Crippen molar-refractivity contribution in [2.24, 2.45) is 5.92 Å². The number of hydrogen-bond donors (Lipinski definition) is 1. The summed E-state index contributed by atoms with van der Waals surface area (Å²) in [7, 11) is 1.55. The molecule has 1 aromatic heterocycles. The Balaban J connectivity index is 1.46. The molecule has 3 rings (SSSR count). The second-order valence-corrected chi connectivity index (χ2v) is 8.25. The Morgan fingerprint density at radius 3 is 2.67 bits per heavy atom. The third-order valence-electron chi connectivity index (χ3n) is 5.81. The third kappa shape index (κ3) is 7.37. The van der Waals surface area contributed by atoms with Crippen LogP contribution in [0.25, 0.3) is 6.08 Å². The molecule has 0 atom stereocenters. The SMILES string of the molecule is COc1cc(/C=C/C(=O)OCC(=O)NCC2CCCCC2)ccc1OCc1c(C)noc1C. The van der Waals surface area contributed by atoms with Crippen molar-refractivity contribution in [3.63, 3.8) is 0 Å². The van der Waals surface area contributed by atoms with Gasteiger partial charge in [0.25, 0.3) is 5.91 Å². The number of esters is 1. The maximum atomic E-state index is 12.0. The van der Waals surface area contributed by atoms with E-state index < -0.39 is 5.97 Å². The lowest BCUT2D eigenvalue weighted by Crippen LogP contribution is -2.33. The second kappa shape index (κ2) is 12.1. The van der Waals surface area contributed by atoms with Gasteiger partial charge in [-0.05, 0) is 56.4 Å². The van der Waals surface area contributed by atoms with E-state index >= 15 is 0 Å². The molecule has 0 bridgehead atoms. The van der Waals surface area contributed by atoms with Crippen LogP contribution in [-0.2, 0) is 20.9 Å². The van der Waals surface area contributed by atoms with Gasteiger partial charge in [-0.1, -0.05) is 30.5 Å². The predicted octanol–water partition coefficient (Wildman–Crippen LogP) is 4.13. The van der Waals surface area contributed by atoms with Crippen molar-refractivity contribution in [3.05, 3.63) is 46.9 Å². The van der Waals surface area contributed by atoms with E-state index in [1.165, 1.54) is 25.3 Å². The molecule has 0 unspecified atom stereocenters. The number of aryl methyl sites for hydroxylation is 2. The minimum Gasteiger partial charge on any atom is -0.493 e. The number of carbonyl (C=O) groups excluding carboxylic acids is 2. The highest BCUT2D eigenvalue weighted by Gasteiger charge is 2.15. The molecule has 0 radical (unpaired) electrons. The lowest BCUT2D eigenvalue weighted by atomic mass is 9.89. The topological polar surface area (TPSA) is 99.9 Å². The van der Waals surface area contributed by atoms with Crippen LogP contribution in [0.2, 0.25) is 0 Å². The molecule has 33 heavy (non-hydrogen) atoms. The van der Waals surface area contributed by atoms with E-state index in [-0.39, 0.29) is 12.5 Å². The highest BCUT2D eigenvalue weighted by Crippen LogP contribution is 2.30. The van der Waals surface area contributed by atoms with Crippen LogP contribution in [0.3, 0.4) is 0 Å². The van der Waals surface area contributed by atoms with E-state index in [0.29, 0.717) is 36.3 Å². The number of methoxy groups -OCH3 is 1. The first kappa shape index (κ1) is 24.4. The van der Waals surface area contributed by atoms with Gasteiger partial charge >= 0.3 is 5.97 Å². The number of amides is 1. The molecule has 1 saturated carbocycles. The van der Waals surface area contributed by atoms with Gasteiger partial charge < -0.3 is 24.1 Å². The highest BCUT2D eigenvalue weighted by atomic mass is 16.5. The molecule has 1 amide bonds. The summed E-state index contributed by atoms with van der Waals surface area (Å²) in [4.78, 5) is 23.9. The van der Waals surface area contributed by atoms with Gasteiger partial charge in [0.05, 0.1) is 18.4 Å². The molecule has 1 aliphatic carbocycles. The number of benzene rings is 1. The van der Waals surface area contributed by atoms with Crippen LogP contribution in [0.5, 0.6) is 11.5 Å². The monoisotopic (exact) mass is 456 g/mol. The first-order valence-corrected chi connectivity index (χ1v) is 11.3. The van der Waals surface area contributed by atoms with E-state index in [1.807, 2.05) is 13.8 Å². The molecule has 8 nitrogen and oxygen atoms in total. The Bertz CT molecular complexity index is 956. The van der Waals surface area contributed by atoms with E-state index in [0.717, 1.165) is 29.7 Å². The maximum absolute atomic E-state index is 12.0. The standard InChI is InChI=1S/C25H32N2O6/c1-17-21(18(2)33-27-17)15-31-22-11-9-19(13-23(22)30-3)10-12-25(29)32-16-24(28)26-14-20-7-5-4-6-8-20/h9-13,20H,4-8,14-16H2,1-3H3,(H,26,28)/b12-10+. The average Bonchev–Trinajstić information content (AvgIpc) is 3.16. The number of nitrogens with one attached hydrogen (secondary N) is 1. The lowest BCUT2D eigenvalue weighted by molar-refractivity contribution is -0.143. The molecule has 0 saturated heterocycles. The number of carbonyl (C=O) groups is 2. The number of rotatable bonds is 10. The summed E-state index contributed by atoms with van der Waals surface area (Å²) in [5.41, 5.74) is 2.41.